The zero-order valence-corrected chi connectivity index (χ0v) is 63.8. The van der Waals surface area contributed by atoms with Gasteiger partial charge >= 0.3 is 12.2 Å². The van der Waals surface area contributed by atoms with Gasteiger partial charge in [-0.25, -0.2) is 9.59 Å². The molecule has 15 N–H and O–H groups in total. The number of carbonyl (C=O) groups excluding carboxylic acids is 9. The number of benzene rings is 5. The van der Waals surface area contributed by atoms with Crippen molar-refractivity contribution in [2.24, 2.45) is 23.5 Å². The van der Waals surface area contributed by atoms with E-state index in [4.69, 9.17) is 66.8 Å². The zero-order valence-electron chi connectivity index (χ0n) is 62.2. The van der Waals surface area contributed by atoms with Crippen LogP contribution in [0.25, 0.3) is 11.1 Å². The van der Waals surface area contributed by atoms with Crippen molar-refractivity contribution in [1.82, 2.24) is 26.2 Å². The van der Waals surface area contributed by atoms with Gasteiger partial charge in [-0.3, -0.25) is 33.6 Å². The Labute approximate surface area is 647 Å². The third kappa shape index (κ3) is 18.9. The van der Waals surface area contributed by atoms with Gasteiger partial charge in [0.15, 0.2) is 41.2 Å². The molecule has 7 heterocycles. The second-order valence-corrected chi connectivity index (χ2v) is 30.6. The lowest BCUT2D eigenvalue weighted by atomic mass is 9.84. The number of nitrogens with one attached hydrogen (secondary N) is 4. The van der Waals surface area contributed by atoms with E-state index in [2.05, 4.69) is 21.3 Å². The van der Waals surface area contributed by atoms with E-state index in [1.807, 2.05) is 0 Å². The van der Waals surface area contributed by atoms with Crippen molar-refractivity contribution in [2.75, 3.05) is 13.7 Å². The Morgan fingerprint density at radius 1 is 0.694 bits per heavy atom. The van der Waals surface area contributed by atoms with Crippen LogP contribution in [0.15, 0.2) is 78.9 Å². The van der Waals surface area contributed by atoms with Gasteiger partial charge < -0.3 is 116 Å². The molecular weight excluding hydrogens is 1500 g/mol. The molecule has 6 amide bonds. The molecule has 600 valence electrons. The summed E-state index contributed by atoms with van der Waals surface area (Å²) in [6.45, 7) is 13.3. The molecule has 18 atom stereocenters. The molecule has 7 aliphatic heterocycles. The van der Waals surface area contributed by atoms with Gasteiger partial charge in [0, 0.05) is 49.9 Å². The van der Waals surface area contributed by atoms with E-state index in [1.54, 1.807) is 41.5 Å². The van der Waals surface area contributed by atoms with Crippen molar-refractivity contribution in [3.05, 3.63) is 117 Å². The van der Waals surface area contributed by atoms with Crippen molar-refractivity contribution in [3.63, 3.8) is 0 Å². The Balaban J connectivity index is 1.22. The highest BCUT2D eigenvalue weighted by Crippen LogP contribution is 2.51. The Morgan fingerprint density at radius 2 is 1.32 bits per heavy atom. The third-order valence-corrected chi connectivity index (χ3v) is 20.7. The number of alkyl carbamates (subject to hydrolysis) is 1. The summed E-state index contributed by atoms with van der Waals surface area (Å²) in [6, 6.07) is 8.78. The van der Waals surface area contributed by atoms with Crippen LogP contribution in [0.4, 0.5) is 9.59 Å². The Kier molecular flexibility index (Phi) is 26.2. The lowest BCUT2D eigenvalue weighted by Crippen LogP contribution is -2.66. The van der Waals surface area contributed by atoms with Crippen LogP contribution in [-0.2, 0) is 57.2 Å². The molecule has 0 spiro atoms. The second kappa shape index (κ2) is 34.7. The van der Waals surface area contributed by atoms with Crippen molar-refractivity contribution in [2.45, 2.75) is 210 Å². The molecule has 5 aromatic rings. The predicted molar refractivity (Wildman–Crippen MR) is 392 cm³/mol. The normalized spacial score (nSPS) is 28.0. The van der Waals surface area contributed by atoms with Gasteiger partial charge in [-0.15, -0.1) is 0 Å². The Hall–Kier alpha value is -9.45. The molecule has 7 aliphatic rings. The van der Waals surface area contributed by atoms with Crippen molar-refractivity contribution >= 4 is 76.4 Å². The quantitative estimate of drug-likeness (QED) is 0.0498. The average molecular weight is 1590 g/mol. The van der Waals surface area contributed by atoms with E-state index in [0.29, 0.717) is 0 Å². The fourth-order valence-corrected chi connectivity index (χ4v) is 14.8. The van der Waals surface area contributed by atoms with E-state index in [1.165, 1.54) is 76.3 Å². The predicted octanol–water partition coefficient (Wildman–Crippen LogP) is 6.54. The largest absolute Gasteiger partial charge is 0.508 e. The first-order valence-electron chi connectivity index (χ1n) is 36.1. The van der Waals surface area contributed by atoms with Gasteiger partial charge in [-0.05, 0) is 143 Å². The zero-order chi connectivity index (χ0) is 81.3. The lowest BCUT2D eigenvalue weighted by Gasteiger charge is -2.48. The third-order valence-electron chi connectivity index (χ3n) is 20.1. The minimum atomic E-state index is -2.09. The second-order valence-electron chi connectivity index (χ2n) is 29.7. The maximum Gasteiger partial charge on any atom is 0.410 e. The minimum Gasteiger partial charge on any atom is -0.508 e. The first kappa shape index (κ1) is 84.0. The number of phenolic OH excluding ortho intramolecular Hbond substituents is 3. The van der Waals surface area contributed by atoms with E-state index in [0.717, 1.165) is 35.2 Å². The van der Waals surface area contributed by atoms with Gasteiger partial charge in [0.2, 0.25) is 35.7 Å². The average Bonchev–Trinajstić information content (AvgIpc) is 0.771. The molecule has 0 unspecified atom stereocenters. The van der Waals surface area contributed by atoms with Crippen molar-refractivity contribution < 1.29 is 127 Å². The molecule has 11 bridgehead atoms. The summed E-state index contributed by atoms with van der Waals surface area (Å²) >= 11 is 14.4. The highest BCUT2D eigenvalue weighted by molar-refractivity contribution is 6.32. The van der Waals surface area contributed by atoms with Crippen molar-refractivity contribution in [1.29, 1.82) is 0 Å². The molecule has 0 aliphatic carbocycles. The molecule has 12 rings (SSSR count). The van der Waals surface area contributed by atoms with E-state index in [-0.39, 0.29) is 79.2 Å². The first-order valence-corrected chi connectivity index (χ1v) is 36.9. The maximum absolute atomic E-state index is 16.3. The van der Waals surface area contributed by atoms with E-state index in [9.17, 15) is 69.9 Å². The topological polar surface area (TPSA) is 487 Å². The number of ether oxygens (including phenoxy) is 8. The molecule has 34 heteroatoms. The summed E-state index contributed by atoms with van der Waals surface area (Å²) in [7, 11) is 1.32. The Bertz CT molecular complexity index is 4390. The summed E-state index contributed by atoms with van der Waals surface area (Å²) < 4.78 is 49.9. The number of halogens is 2. The van der Waals surface area contributed by atoms with Gasteiger partial charge in [0.05, 0.1) is 95.0 Å². The number of primary amides is 1. The summed E-state index contributed by atoms with van der Waals surface area (Å²) in [5.41, 5.74) is 3.19. The molecule has 0 saturated carbocycles. The number of fused-ring (bicyclic) bond motifs is 15. The molecule has 111 heavy (non-hydrogen) atoms. The number of amides is 6. The molecule has 2 fully saturated rings. The van der Waals surface area contributed by atoms with Crippen LogP contribution in [0, 0.1) is 17.8 Å². The number of rotatable bonds is 16. The number of aliphatic hydroxyl groups excluding tert-OH is 6. The fourth-order valence-electron chi connectivity index (χ4n) is 14.3. The Morgan fingerprint density at radius 3 is 1.91 bits per heavy atom. The summed E-state index contributed by atoms with van der Waals surface area (Å²) in [5, 5.41) is 115. The molecule has 5 aromatic carbocycles. The monoisotopic (exact) mass is 1590 g/mol. The van der Waals surface area contributed by atoms with E-state index < -0.39 is 241 Å². The number of likely N-dealkylation sites (N-methyl/N-ethyl adjacent to an activating group) is 1. The van der Waals surface area contributed by atoms with Crippen LogP contribution in [0.1, 0.15) is 159 Å². The van der Waals surface area contributed by atoms with Crippen LogP contribution in [0.2, 0.25) is 10.0 Å². The number of ketones is 3. The molecule has 32 nitrogen and oxygen atoms in total. The number of aromatic hydroxyl groups is 3. The van der Waals surface area contributed by atoms with Gasteiger partial charge in [0.1, 0.15) is 59.2 Å². The number of hydrogen-bond acceptors (Lipinski definition) is 26. The lowest BCUT2D eigenvalue weighted by molar-refractivity contribution is -0.334. The number of phenols is 3. The molecule has 2 saturated heterocycles. The van der Waals surface area contributed by atoms with E-state index >= 15 is 19.2 Å². The summed E-state index contributed by atoms with van der Waals surface area (Å²) in [6.07, 6.45) is -25.2. The maximum atomic E-state index is 16.3. The summed E-state index contributed by atoms with van der Waals surface area (Å²) in [5.74, 6) is -17.7. The number of hydrogen-bond donors (Lipinski definition) is 14. The number of nitrogens with zero attached hydrogens (tertiary/aromatic N) is 1. The van der Waals surface area contributed by atoms with Crippen LogP contribution in [0.3, 0.4) is 0 Å². The minimum absolute atomic E-state index is 0.0228. The van der Waals surface area contributed by atoms with Gasteiger partial charge in [0.25, 0.3) is 0 Å². The summed E-state index contributed by atoms with van der Waals surface area (Å²) in [4.78, 5) is 134. The fraction of sp³-hybridized carbons (Fsp3) is 0.494. The van der Waals surface area contributed by atoms with Crippen LogP contribution < -0.4 is 41.2 Å². The van der Waals surface area contributed by atoms with Crippen LogP contribution >= 0.6 is 23.2 Å². The molecular formula is C77H92Cl2N6O26. The smallest absolute Gasteiger partial charge is 0.410 e. The van der Waals surface area contributed by atoms with Crippen molar-refractivity contribution in [3.8, 4) is 57.1 Å². The first-order chi connectivity index (χ1) is 52.2. The molecule has 0 radical (unpaired) electrons. The van der Waals surface area contributed by atoms with Crippen LogP contribution in [-0.4, -0.2) is 197 Å². The van der Waals surface area contributed by atoms with Crippen LogP contribution in [0.5, 0.6) is 46.0 Å². The SMILES string of the molecule is CC(C)C[C@H](C(=O)C[C@H]1C(=O)N[C@@H](CC(N)=O)C(=O)C[C@H]2C(=O)N[C@H]3C(=O)C[C@H](C(=O)N[C@H](C)c4cc(O)cc(O)c4-c4cc3ccc4O)[C@H](O)c3ccc(c(Cl)c3)Oc3cc2cc(c3O[C@@H]2O[C@H](CO)[C@@H](O)[C@H](O)[C@H]2O[C@H]2C[C@](C)(NC(=O)OC(C)C)[C@H](O)[C@H](C)O2)Oc2ccc(cc2Cl)[C@H]1O)N(C)C(=O)OC(C)C. The van der Waals surface area contributed by atoms with Gasteiger partial charge in [-0.1, -0.05) is 55.2 Å². The number of carbonyl (C=O) groups is 9. The standard InChI is InChI=1S/C77H92Cl2N6O26/c1-31(2)17-49(85(10)76(103)105-33(5)6)52(90)26-44-64(94)37-12-15-55(46(78)19-37)107-57-21-39-22-58(68(57)111-74-69(67(97)66(96)59(30-86)109-74)110-61-29-77(9,70(98)35(8)106-61)84-75(102)104-32(3)4)108-56-16-13-38(20-47(56)79)65(95)45-27-54(92)63(83-71(99)42(39)25-51(89)48(28-60(80)93)82-73(44)101)36-11-14-50(88)43(18-36)62-41(34(7)81-72(45)100)23-40(87)24-53(62)91/h11-16,18-24,31-35,42,44-45,48-49,59,61,63-67,69-70,74,86-88,91,94-98H,17,25-30H2,1-10H3,(H2,80,93)(H,81,100)(H,82,101)(H,83,99)(H,84,102)/t34-,35+,42-,44-,45+,48+,49-,59-,61+,63-,64-,65-,66-,67+,69-,70-,74+,77+/m1/s1. The molecule has 0 aromatic heterocycles. The number of nitrogens with two attached hydrogens (primary N) is 1. The number of aliphatic hydroxyl groups is 6. The number of Topliss-reactive ketones (excluding diaryl/α,β-unsaturated/α-hetero) is 3. The van der Waals surface area contributed by atoms with Gasteiger partial charge in [-0.2, -0.15) is 0 Å². The highest BCUT2D eigenvalue weighted by Gasteiger charge is 2.53. The highest BCUT2D eigenvalue weighted by atomic mass is 35.5.